The molecule has 0 spiro atoms. The molecule has 0 unspecified atom stereocenters. The standard InChI is InChI=1S/C19H22O5/c1-8(2)11-14-12(16(20)22-3)13(17(21)23-4)15(11)19-10-6-5-9(7-10)18(14,19)24-19/h9-10,14-15H,5-7H2,1-4H3/t9-,10-,14+,15+,18-,19+/m0/s1. The first-order chi connectivity index (χ1) is 11.5. The van der Waals surface area contributed by atoms with E-state index in [4.69, 9.17) is 14.2 Å². The molecule has 0 aromatic heterocycles. The van der Waals surface area contributed by atoms with E-state index in [1.165, 1.54) is 25.4 Å². The predicted molar refractivity (Wildman–Crippen MR) is 83.8 cm³/mol. The van der Waals surface area contributed by atoms with E-state index in [-0.39, 0.29) is 23.0 Å². The van der Waals surface area contributed by atoms with Crippen molar-refractivity contribution in [3.05, 3.63) is 22.3 Å². The number of allylic oxidation sites excluding steroid dienone is 1. The maximum Gasteiger partial charge on any atom is 0.335 e. The topological polar surface area (TPSA) is 65.1 Å². The molecule has 5 nitrogen and oxygen atoms in total. The summed E-state index contributed by atoms with van der Waals surface area (Å²) < 4.78 is 16.6. The number of hydrogen-bond donors (Lipinski definition) is 0. The number of epoxide rings is 1. The fourth-order valence-corrected chi connectivity index (χ4v) is 6.79. The zero-order chi connectivity index (χ0) is 17.0. The summed E-state index contributed by atoms with van der Waals surface area (Å²) >= 11 is 0. The fraction of sp³-hybridized carbons (Fsp3) is 0.684. The van der Waals surface area contributed by atoms with Crippen molar-refractivity contribution >= 4 is 11.9 Å². The SMILES string of the molecule is COC(=O)C1=C(C(=O)OC)[C@H]2C(=C(C)C)[C@H]1[C@@]13O[C@@]21[C@H]1CC[C@H]3C1. The van der Waals surface area contributed by atoms with E-state index in [1.807, 2.05) is 0 Å². The number of fused-ring (bicyclic) bond motifs is 4. The minimum Gasteiger partial charge on any atom is -0.466 e. The van der Waals surface area contributed by atoms with Crippen molar-refractivity contribution in [3.63, 3.8) is 0 Å². The lowest BCUT2D eigenvalue weighted by Gasteiger charge is -2.29. The molecule has 4 bridgehead atoms. The van der Waals surface area contributed by atoms with Crippen molar-refractivity contribution in [2.45, 2.75) is 44.3 Å². The van der Waals surface area contributed by atoms with E-state index in [0.717, 1.165) is 19.3 Å². The Hall–Kier alpha value is -1.62. The molecule has 4 fully saturated rings. The van der Waals surface area contributed by atoms with Crippen LogP contribution in [0.4, 0.5) is 0 Å². The molecule has 0 radical (unpaired) electrons. The number of hydrogen-bond acceptors (Lipinski definition) is 5. The first kappa shape index (κ1) is 14.7. The van der Waals surface area contributed by atoms with Gasteiger partial charge in [0.25, 0.3) is 0 Å². The number of carbonyl (C=O) groups is 2. The van der Waals surface area contributed by atoms with Crippen LogP contribution < -0.4 is 0 Å². The van der Waals surface area contributed by atoms with Crippen LogP contribution in [-0.2, 0) is 23.8 Å². The molecule has 0 aromatic carbocycles. The maximum absolute atomic E-state index is 12.6. The third-order valence-corrected chi connectivity index (χ3v) is 7.29. The van der Waals surface area contributed by atoms with Gasteiger partial charge in [0, 0.05) is 11.8 Å². The Labute approximate surface area is 141 Å². The zero-order valence-corrected chi connectivity index (χ0v) is 14.5. The molecule has 1 heterocycles. The first-order valence-corrected chi connectivity index (χ1v) is 8.73. The van der Waals surface area contributed by atoms with Crippen molar-refractivity contribution in [2.24, 2.45) is 23.7 Å². The molecule has 0 aromatic rings. The van der Waals surface area contributed by atoms with Crippen molar-refractivity contribution < 1.29 is 23.8 Å². The maximum atomic E-state index is 12.6. The second kappa shape index (κ2) is 4.13. The average molecular weight is 330 g/mol. The van der Waals surface area contributed by atoms with Gasteiger partial charge in [-0.05, 0) is 50.5 Å². The van der Waals surface area contributed by atoms with E-state index in [9.17, 15) is 9.59 Å². The van der Waals surface area contributed by atoms with Crippen molar-refractivity contribution in [1.29, 1.82) is 0 Å². The van der Waals surface area contributed by atoms with Gasteiger partial charge in [-0.15, -0.1) is 0 Å². The second-order valence-corrected chi connectivity index (χ2v) is 8.03. The van der Waals surface area contributed by atoms with E-state index >= 15 is 0 Å². The molecular formula is C19H22O5. The summed E-state index contributed by atoms with van der Waals surface area (Å²) in [6, 6.07) is 0. The number of methoxy groups -OCH3 is 2. The summed E-state index contributed by atoms with van der Waals surface area (Å²) in [6.07, 6.45) is 3.48. The van der Waals surface area contributed by atoms with Crippen LogP contribution in [0.15, 0.2) is 22.3 Å². The summed E-state index contributed by atoms with van der Waals surface area (Å²) in [5.41, 5.74) is 2.83. The van der Waals surface area contributed by atoms with Gasteiger partial charge in [0.05, 0.1) is 25.4 Å². The Morgan fingerprint density at radius 1 is 0.958 bits per heavy atom. The number of carbonyl (C=O) groups excluding carboxylic acids is 2. The van der Waals surface area contributed by atoms with Crippen molar-refractivity contribution in [3.8, 4) is 0 Å². The lowest BCUT2D eigenvalue weighted by Crippen LogP contribution is -2.42. The molecule has 0 amide bonds. The Morgan fingerprint density at radius 2 is 1.42 bits per heavy atom. The van der Waals surface area contributed by atoms with E-state index in [2.05, 4.69) is 13.8 Å². The Kier molecular flexibility index (Phi) is 2.53. The Bertz CT molecular complexity index is 704. The van der Waals surface area contributed by atoms with Gasteiger partial charge < -0.3 is 14.2 Å². The quantitative estimate of drug-likeness (QED) is 0.441. The average Bonchev–Trinajstić information content (AvgIpc) is 2.92. The van der Waals surface area contributed by atoms with Gasteiger partial charge in [-0.2, -0.15) is 0 Å². The van der Waals surface area contributed by atoms with E-state index in [1.54, 1.807) is 0 Å². The summed E-state index contributed by atoms with van der Waals surface area (Å²) in [5, 5.41) is 0. The molecule has 24 heavy (non-hydrogen) atoms. The molecule has 4 aliphatic carbocycles. The molecule has 3 saturated carbocycles. The molecule has 1 saturated heterocycles. The highest BCUT2D eigenvalue weighted by Gasteiger charge is 2.94. The number of ether oxygens (including phenoxy) is 3. The van der Waals surface area contributed by atoms with Crippen LogP contribution in [0.5, 0.6) is 0 Å². The lowest BCUT2D eigenvalue weighted by atomic mass is 9.69. The highest BCUT2D eigenvalue weighted by molar-refractivity contribution is 6.05. The van der Waals surface area contributed by atoms with Crippen molar-refractivity contribution in [2.75, 3.05) is 14.2 Å². The molecule has 0 N–H and O–H groups in total. The molecule has 5 aliphatic rings. The summed E-state index contributed by atoms with van der Waals surface area (Å²) in [5.74, 6) is -0.115. The van der Waals surface area contributed by atoms with Crippen molar-refractivity contribution in [1.82, 2.24) is 0 Å². The van der Waals surface area contributed by atoms with Gasteiger partial charge in [0.2, 0.25) is 0 Å². The van der Waals surface area contributed by atoms with Crippen LogP contribution in [0, 0.1) is 23.7 Å². The van der Waals surface area contributed by atoms with Gasteiger partial charge in [-0.1, -0.05) is 5.57 Å². The molecular weight excluding hydrogens is 308 g/mol. The Morgan fingerprint density at radius 3 is 1.79 bits per heavy atom. The first-order valence-electron chi connectivity index (χ1n) is 8.73. The highest BCUT2D eigenvalue weighted by Crippen LogP contribution is 2.86. The number of rotatable bonds is 2. The highest BCUT2D eigenvalue weighted by atomic mass is 16.6. The van der Waals surface area contributed by atoms with Crippen LogP contribution in [0.2, 0.25) is 0 Å². The largest absolute Gasteiger partial charge is 0.466 e. The summed E-state index contributed by atoms with van der Waals surface area (Å²) in [4.78, 5) is 25.2. The molecule has 1 aliphatic heterocycles. The monoisotopic (exact) mass is 330 g/mol. The van der Waals surface area contributed by atoms with Gasteiger partial charge in [0.1, 0.15) is 11.2 Å². The van der Waals surface area contributed by atoms with Crippen LogP contribution in [0.25, 0.3) is 0 Å². The van der Waals surface area contributed by atoms with Gasteiger partial charge >= 0.3 is 11.9 Å². The minimum atomic E-state index is -0.414. The van der Waals surface area contributed by atoms with Crippen LogP contribution in [0.1, 0.15) is 33.1 Å². The third kappa shape index (κ3) is 1.18. The fourth-order valence-electron chi connectivity index (χ4n) is 6.79. The van der Waals surface area contributed by atoms with E-state index < -0.39 is 11.9 Å². The van der Waals surface area contributed by atoms with Crippen LogP contribution in [-0.4, -0.2) is 37.4 Å². The Balaban J connectivity index is 1.79. The summed E-state index contributed by atoms with van der Waals surface area (Å²) in [7, 11) is 2.75. The molecule has 5 rings (SSSR count). The van der Waals surface area contributed by atoms with E-state index in [0.29, 0.717) is 23.0 Å². The van der Waals surface area contributed by atoms with Gasteiger partial charge in [0.15, 0.2) is 0 Å². The zero-order valence-electron chi connectivity index (χ0n) is 14.5. The molecule has 5 heteroatoms. The normalized spacial score (nSPS) is 46.1. The van der Waals surface area contributed by atoms with Gasteiger partial charge in [-0.3, -0.25) is 0 Å². The predicted octanol–water partition coefficient (Wildman–Crippen LogP) is 2.16. The second-order valence-electron chi connectivity index (χ2n) is 8.03. The molecule has 128 valence electrons. The number of esters is 2. The lowest BCUT2D eigenvalue weighted by molar-refractivity contribution is -0.140. The van der Waals surface area contributed by atoms with Crippen LogP contribution in [0.3, 0.4) is 0 Å². The minimum absolute atomic E-state index is 0.135. The third-order valence-electron chi connectivity index (χ3n) is 7.29. The smallest absolute Gasteiger partial charge is 0.335 e. The summed E-state index contributed by atoms with van der Waals surface area (Å²) in [6.45, 7) is 4.14. The molecule has 6 atom stereocenters. The van der Waals surface area contributed by atoms with Crippen LogP contribution >= 0.6 is 0 Å². The van der Waals surface area contributed by atoms with Gasteiger partial charge in [-0.25, -0.2) is 9.59 Å².